The molecule has 0 saturated heterocycles. The third kappa shape index (κ3) is 5.37. The molecular weight excluding hydrogens is 400 g/mol. The van der Waals surface area contributed by atoms with Crippen molar-refractivity contribution in [2.24, 2.45) is 11.7 Å². The lowest BCUT2D eigenvalue weighted by atomic mass is 9.87. The first-order valence-electron chi connectivity index (χ1n) is 10.3. The fourth-order valence-corrected chi connectivity index (χ4v) is 4.82. The quantitative estimate of drug-likeness (QED) is 0.373. The summed E-state index contributed by atoms with van der Waals surface area (Å²) in [5.41, 5.74) is 8.41. The summed E-state index contributed by atoms with van der Waals surface area (Å²) in [6, 6.07) is 11.8. The van der Waals surface area contributed by atoms with E-state index in [1.54, 1.807) is 11.8 Å². The zero-order chi connectivity index (χ0) is 21.0. The summed E-state index contributed by atoms with van der Waals surface area (Å²) in [7, 11) is 0. The normalized spacial score (nSPS) is 12.6. The Bertz CT molecular complexity index is 978. The van der Waals surface area contributed by atoms with E-state index in [0.717, 1.165) is 40.0 Å². The summed E-state index contributed by atoms with van der Waals surface area (Å²) in [6.07, 6.45) is 6.70. The predicted molar refractivity (Wildman–Crippen MR) is 124 cm³/mol. The van der Waals surface area contributed by atoms with Crippen molar-refractivity contribution in [3.8, 4) is 0 Å². The molecule has 154 valence electrons. The van der Waals surface area contributed by atoms with Gasteiger partial charge in [-0.15, -0.1) is 0 Å². The lowest BCUT2D eigenvalue weighted by molar-refractivity contribution is 0.100. The first-order chi connectivity index (χ1) is 13.9. The first-order valence-corrected chi connectivity index (χ1v) is 11.5. The molecule has 0 bridgehead atoms. The van der Waals surface area contributed by atoms with Gasteiger partial charge in [-0.3, -0.25) is 4.79 Å². The van der Waals surface area contributed by atoms with Gasteiger partial charge in [0.25, 0.3) is 5.91 Å². The molecule has 0 aliphatic rings. The summed E-state index contributed by atoms with van der Waals surface area (Å²) in [5.74, 6) is 0.751. The van der Waals surface area contributed by atoms with Crippen molar-refractivity contribution in [1.82, 2.24) is 4.98 Å². The number of halogens is 1. The minimum Gasteiger partial charge on any atom is -0.366 e. The molecule has 1 amide bonds. The average Bonchev–Trinajstić information content (AvgIpc) is 3.10. The van der Waals surface area contributed by atoms with Gasteiger partial charge in [-0.25, -0.2) is 0 Å². The number of benzene rings is 2. The molecule has 2 aromatic carbocycles. The van der Waals surface area contributed by atoms with Crippen LogP contribution in [0.2, 0.25) is 5.02 Å². The van der Waals surface area contributed by atoms with Crippen LogP contribution < -0.4 is 5.73 Å². The molecule has 0 radical (unpaired) electrons. The van der Waals surface area contributed by atoms with Gasteiger partial charge in [0.1, 0.15) is 0 Å². The van der Waals surface area contributed by atoms with E-state index in [9.17, 15) is 4.79 Å². The van der Waals surface area contributed by atoms with Crippen LogP contribution in [-0.4, -0.2) is 10.9 Å². The molecule has 29 heavy (non-hydrogen) atoms. The predicted octanol–water partition coefficient (Wildman–Crippen LogP) is 7.39. The van der Waals surface area contributed by atoms with Crippen LogP contribution in [0.3, 0.4) is 0 Å². The number of hydrogen-bond acceptors (Lipinski definition) is 2. The molecule has 0 aliphatic heterocycles. The van der Waals surface area contributed by atoms with Crippen molar-refractivity contribution in [1.29, 1.82) is 0 Å². The van der Waals surface area contributed by atoms with Gasteiger partial charge in [-0.05, 0) is 66.6 Å². The van der Waals surface area contributed by atoms with Gasteiger partial charge < -0.3 is 10.7 Å². The lowest BCUT2D eigenvalue weighted by Crippen LogP contribution is -2.11. The molecule has 1 aromatic heterocycles. The molecule has 1 unspecified atom stereocenters. The zero-order valence-electron chi connectivity index (χ0n) is 17.3. The second-order valence-electron chi connectivity index (χ2n) is 8.01. The van der Waals surface area contributed by atoms with Crippen LogP contribution in [0.25, 0.3) is 10.9 Å². The number of nitrogens with one attached hydrogen (secondary N) is 1. The van der Waals surface area contributed by atoms with Gasteiger partial charge in [-0.1, -0.05) is 57.0 Å². The number of carbonyl (C=O) groups excluding carboxylic acids is 1. The van der Waals surface area contributed by atoms with Crippen molar-refractivity contribution >= 4 is 40.2 Å². The second-order valence-corrected chi connectivity index (χ2v) is 9.60. The molecule has 3 N–H and O–H groups in total. The van der Waals surface area contributed by atoms with Gasteiger partial charge in [0, 0.05) is 26.4 Å². The molecule has 3 nitrogen and oxygen atoms in total. The standard InChI is InChI=1S/C24H29ClN2OS/c1-4-5-16(7-6-15(2)3)22-14-27-23-20(22)12-19(13-21(23)24(26)28)29-18-10-8-17(25)9-11-18/h8-16,27H,4-7H2,1-3H3,(H2,26,28). The van der Waals surface area contributed by atoms with Crippen molar-refractivity contribution < 1.29 is 4.79 Å². The van der Waals surface area contributed by atoms with Crippen LogP contribution in [0.1, 0.15) is 68.3 Å². The second kappa shape index (κ2) is 9.73. The highest BCUT2D eigenvalue weighted by Crippen LogP contribution is 2.38. The van der Waals surface area contributed by atoms with Crippen LogP contribution in [0.4, 0.5) is 0 Å². The monoisotopic (exact) mass is 428 g/mol. The van der Waals surface area contributed by atoms with Crippen LogP contribution in [0, 0.1) is 5.92 Å². The van der Waals surface area contributed by atoms with E-state index in [1.165, 1.54) is 12.0 Å². The Hall–Kier alpha value is -1.91. The molecule has 5 heteroatoms. The highest BCUT2D eigenvalue weighted by molar-refractivity contribution is 7.99. The number of H-pyrrole nitrogens is 1. The molecule has 1 heterocycles. The Balaban J connectivity index is 2.04. The number of rotatable bonds is 9. The Labute approximate surface area is 182 Å². The molecule has 0 fully saturated rings. The van der Waals surface area contributed by atoms with Crippen LogP contribution in [0.5, 0.6) is 0 Å². The Morgan fingerprint density at radius 3 is 2.45 bits per heavy atom. The van der Waals surface area contributed by atoms with E-state index in [4.69, 9.17) is 17.3 Å². The maximum Gasteiger partial charge on any atom is 0.250 e. The van der Waals surface area contributed by atoms with E-state index in [2.05, 4.69) is 38.0 Å². The van der Waals surface area contributed by atoms with E-state index in [1.807, 2.05) is 30.3 Å². The maximum absolute atomic E-state index is 12.2. The van der Waals surface area contributed by atoms with Gasteiger partial charge in [0.2, 0.25) is 0 Å². The number of nitrogens with two attached hydrogens (primary N) is 1. The average molecular weight is 429 g/mol. The van der Waals surface area contributed by atoms with Gasteiger partial charge >= 0.3 is 0 Å². The molecule has 3 aromatic rings. The third-order valence-electron chi connectivity index (χ3n) is 5.28. The molecule has 3 rings (SSSR count). The fourth-order valence-electron chi connectivity index (χ4n) is 3.79. The number of aromatic amines is 1. The van der Waals surface area contributed by atoms with E-state index in [0.29, 0.717) is 22.4 Å². The van der Waals surface area contributed by atoms with E-state index in [-0.39, 0.29) is 0 Å². The summed E-state index contributed by atoms with van der Waals surface area (Å²) in [4.78, 5) is 17.6. The number of fused-ring (bicyclic) bond motifs is 1. The summed E-state index contributed by atoms with van der Waals surface area (Å²) >= 11 is 7.63. The van der Waals surface area contributed by atoms with Crippen molar-refractivity contribution in [2.75, 3.05) is 0 Å². The molecule has 0 saturated carbocycles. The molecule has 0 spiro atoms. The largest absolute Gasteiger partial charge is 0.366 e. The molecule has 1 atom stereocenters. The van der Waals surface area contributed by atoms with Crippen LogP contribution in [-0.2, 0) is 0 Å². The SMILES string of the molecule is CCCC(CCC(C)C)c1c[nH]c2c(C(N)=O)cc(Sc3ccc(Cl)cc3)cc12. The highest BCUT2D eigenvalue weighted by Gasteiger charge is 2.20. The minimum absolute atomic E-state index is 0.406. The molecule has 0 aliphatic carbocycles. The smallest absolute Gasteiger partial charge is 0.250 e. The maximum atomic E-state index is 12.2. The van der Waals surface area contributed by atoms with Gasteiger partial charge in [-0.2, -0.15) is 0 Å². The number of carbonyl (C=O) groups is 1. The van der Waals surface area contributed by atoms with Crippen molar-refractivity contribution in [3.05, 3.63) is 58.7 Å². The number of primary amides is 1. The highest BCUT2D eigenvalue weighted by atomic mass is 35.5. The van der Waals surface area contributed by atoms with Gasteiger partial charge in [0.05, 0.1) is 11.1 Å². The van der Waals surface area contributed by atoms with E-state index >= 15 is 0 Å². The molecular formula is C24H29ClN2OS. The Morgan fingerprint density at radius 1 is 1.10 bits per heavy atom. The van der Waals surface area contributed by atoms with Crippen molar-refractivity contribution in [3.63, 3.8) is 0 Å². The van der Waals surface area contributed by atoms with Gasteiger partial charge in [0.15, 0.2) is 0 Å². The van der Waals surface area contributed by atoms with Crippen LogP contribution in [0.15, 0.2) is 52.4 Å². The fraction of sp³-hybridized carbons (Fsp3) is 0.375. The number of aromatic nitrogens is 1. The summed E-state index contributed by atoms with van der Waals surface area (Å²) in [6.45, 7) is 6.77. The first kappa shape index (κ1) is 21.8. The van der Waals surface area contributed by atoms with Crippen molar-refractivity contribution in [2.45, 2.75) is 62.2 Å². The topological polar surface area (TPSA) is 58.9 Å². The Morgan fingerprint density at radius 2 is 1.83 bits per heavy atom. The third-order valence-corrected chi connectivity index (χ3v) is 6.51. The zero-order valence-corrected chi connectivity index (χ0v) is 18.9. The Kier molecular flexibility index (Phi) is 7.31. The van der Waals surface area contributed by atoms with E-state index < -0.39 is 5.91 Å². The number of amides is 1. The minimum atomic E-state index is -0.406. The lowest BCUT2D eigenvalue weighted by Gasteiger charge is -2.17. The summed E-state index contributed by atoms with van der Waals surface area (Å²) < 4.78 is 0. The van der Waals surface area contributed by atoms with Crippen LogP contribution >= 0.6 is 23.4 Å². The number of hydrogen-bond donors (Lipinski definition) is 2. The summed E-state index contributed by atoms with van der Waals surface area (Å²) in [5, 5.41) is 1.82.